The van der Waals surface area contributed by atoms with Crippen LogP contribution in [0.3, 0.4) is 0 Å². The van der Waals surface area contributed by atoms with Gasteiger partial charge in [-0.25, -0.2) is 0 Å². The molecule has 30 heavy (non-hydrogen) atoms. The van der Waals surface area contributed by atoms with Crippen LogP contribution in [0.25, 0.3) is 10.8 Å². The number of halogens is 1. The number of carbonyl (C=O) groups is 2. The average Bonchev–Trinajstić information content (AvgIpc) is 2.76. The van der Waals surface area contributed by atoms with Crippen molar-refractivity contribution in [1.29, 1.82) is 0 Å². The standard InChI is InChI=1S/C25H27ClN2O2/c1-3-27-25(30)18(2)28(17-19-11-14-22(26)15-12-19)24(29)16-13-21-9-6-8-20-7-4-5-10-23(20)21/h4-12,14-15,18H,3,13,16-17H2,1-2H3,(H,27,30)/t18-/m1/s1. The predicted octanol–water partition coefficient (Wildman–Crippen LogP) is 4.98. The van der Waals surface area contributed by atoms with E-state index < -0.39 is 6.04 Å². The van der Waals surface area contributed by atoms with Gasteiger partial charge in [-0.1, -0.05) is 66.2 Å². The van der Waals surface area contributed by atoms with Crippen molar-refractivity contribution in [3.63, 3.8) is 0 Å². The molecule has 4 nitrogen and oxygen atoms in total. The summed E-state index contributed by atoms with van der Waals surface area (Å²) in [4.78, 5) is 27.3. The monoisotopic (exact) mass is 422 g/mol. The average molecular weight is 423 g/mol. The Morgan fingerprint density at radius 1 is 1.00 bits per heavy atom. The fourth-order valence-electron chi connectivity index (χ4n) is 3.59. The molecule has 0 aromatic heterocycles. The molecule has 3 aromatic rings. The van der Waals surface area contributed by atoms with Gasteiger partial charge in [0.1, 0.15) is 6.04 Å². The Balaban J connectivity index is 1.78. The van der Waals surface area contributed by atoms with Gasteiger partial charge in [0.25, 0.3) is 0 Å². The van der Waals surface area contributed by atoms with Gasteiger partial charge in [-0.2, -0.15) is 0 Å². The normalized spacial score (nSPS) is 11.8. The van der Waals surface area contributed by atoms with Gasteiger partial charge in [-0.05, 0) is 54.3 Å². The molecule has 2 amide bonds. The molecule has 156 valence electrons. The third kappa shape index (κ3) is 5.39. The van der Waals surface area contributed by atoms with Crippen molar-refractivity contribution in [2.75, 3.05) is 6.54 Å². The molecular weight excluding hydrogens is 396 g/mol. The van der Waals surface area contributed by atoms with E-state index in [0.717, 1.165) is 21.9 Å². The van der Waals surface area contributed by atoms with Gasteiger partial charge in [0.2, 0.25) is 11.8 Å². The maximum atomic E-state index is 13.2. The molecule has 0 aliphatic carbocycles. The number of nitrogens with zero attached hydrogens (tertiary/aromatic N) is 1. The van der Waals surface area contributed by atoms with Crippen LogP contribution in [-0.4, -0.2) is 29.3 Å². The Hall–Kier alpha value is -2.85. The van der Waals surface area contributed by atoms with Crippen molar-refractivity contribution in [1.82, 2.24) is 10.2 Å². The van der Waals surface area contributed by atoms with Crippen LogP contribution in [0.2, 0.25) is 5.02 Å². The van der Waals surface area contributed by atoms with Gasteiger partial charge < -0.3 is 10.2 Å². The molecule has 0 heterocycles. The smallest absolute Gasteiger partial charge is 0.242 e. The molecular formula is C25H27ClN2O2. The van der Waals surface area contributed by atoms with Gasteiger partial charge >= 0.3 is 0 Å². The summed E-state index contributed by atoms with van der Waals surface area (Å²) in [5, 5.41) is 5.79. The van der Waals surface area contributed by atoms with Crippen molar-refractivity contribution in [3.05, 3.63) is 82.9 Å². The molecule has 1 N–H and O–H groups in total. The summed E-state index contributed by atoms with van der Waals surface area (Å²) in [5.41, 5.74) is 2.08. The van der Waals surface area contributed by atoms with E-state index in [1.54, 1.807) is 24.0 Å². The largest absolute Gasteiger partial charge is 0.355 e. The van der Waals surface area contributed by atoms with E-state index in [-0.39, 0.29) is 11.8 Å². The van der Waals surface area contributed by atoms with Crippen LogP contribution in [0.5, 0.6) is 0 Å². The first-order chi connectivity index (χ1) is 14.5. The van der Waals surface area contributed by atoms with Crippen molar-refractivity contribution in [2.24, 2.45) is 0 Å². The molecule has 1 atom stereocenters. The van der Waals surface area contributed by atoms with Gasteiger partial charge in [0, 0.05) is 24.5 Å². The minimum atomic E-state index is -0.555. The number of rotatable bonds is 8. The SMILES string of the molecule is CCNC(=O)[C@@H](C)N(Cc1ccc(Cl)cc1)C(=O)CCc1cccc2ccccc12. The topological polar surface area (TPSA) is 49.4 Å². The van der Waals surface area contributed by atoms with E-state index in [2.05, 4.69) is 29.6 Å². The van der Waals surface area contributed by atoms with Gasteiger partial charge in [-0.15, -0.1) is 0 Å². The molecule has 0 fully saturated rings. The number of fused-ring (bicyclic) bond motifs is 1. The lowest BCUT2D eigenvalue weighted by molar-refractivity contribution is -0.140. The van der Waals surface area contributed by atoms with E-state index in [9.17, 15) is 9.59 Å². The highest BCUT2D eigenvalue weighted by Crippen LogP contribution is 2.21. The second kappa shape index (κ2) is 10.3. The van der Waals surface area contributed by atoms with E-state index in [1.807, 2.05) is 37.3 Å². The molecule has 0 radical (unpaired) electrons. The van der Waals surface area contributed by atoms with Crippen LogP contribution >= 0.6 is 11.6 Å². The number of carbonyl (C=O) groups excluding carboxylic acids is 2. The zero-order valence-electron chi connectivity index (χ0n) is 17.4. The second-order valence-corrected chi connectivity index (χ2v) is 7.79. The first-order valence-corrected chi connectivity index (χ1v) is 10.7. The van der Waals surface area contributed by atoms with Crippen LogP contribution in [0.15, 0.2) is 66.7 Å². The predicted molar refractivity (Wildman–Crippen MR) is 122 cm³/mol. The highest BCUT2D eigenvalue weighted by molar-refractivity contribution is 6.30. The van der Waals surface area contributed by atoms with Gasteiger partial charge in [-0.3, -0.25) is 9.59 Å². The Bertz CT molecular complexity index is 1010. The molecule has 0 aliphatic heterocycles. The van der Waals surface area contributed by atoms with Crippen molar-refractivity contribution < 1.29 is 9.59 Å². The molecule has 0 saturated heterocycles. The lowest BCUT2D eigenvalue weighted by Gasteiger charge is -2.29. The van der Waals surface area contributed by atoms with Crippen molar-refractivity contribution in [3.8, 4) is 0 Å². The molecule has 3 rings (SSSR count). The number of hydrogen-bond donors (Lipinski definition) is 1. The quantitative estimate of drug-likeness (QED) is 0.556. The second-order valence-electron chi connectivity index (χ2n) is 7.36. The molecule has 0 saturated carbocycles. The van der Waals surface area contributed by atoms with E-state index in [1.165, 1.54) is 0 Å². The molecule has 0 spiro atoms. The van der Waals surface area contributed by atoms with Crippen LogP contribution in [0.4, 0.5) is 0 Å². The number of likely N-dealkylation sites (N-methyl/N-ethyl adjacent to an activating group) is 1. The number of hydrogen-bond acceptors (Lipinski definition) is 2. The third-order valence-corrected chi connectivity index (χ3v) is 5.52. The van der Waals surface area contributed by atoms with Crippen molar-refractivity contribution in [2.45, 2.75) is 39.3 Å². The van der Waals surface area contributed by atoms with Gasteiger partial charge in [0.15, 0.2) is 0 Å². The molecule has 0 unspecified atom stereocenters. The Kier molecular flexibility index (Phi) is 7.47. The summed E-state index contributed by atoms with van der Waals surface area (Å²) in [6.45, 7) is 4.54. The zero-order chi connectivity index (χ0) is 21.5. The minimum Gasteiger partial charge on any atom is -0.355 e. The van der Waals surface area contributed by atoms with Crippen LogP contribution in [-0.2, 0) is 22.6 Å². The summed E-state index contributed by atoms with van der Waals surface area (Å²) in [6, 6.07) is 21.1. The van der Waals surface area contributed by atoms with Crippen molar-refractivity contribution >= 4 is 34.2 Å². The molecule has 0 bridgehead atoms. The first-order valence-electron chi connectivity index (χ1n) is 10.3. The van der Waals surface area contributed by atoms with Crippen LogP contribution < -0.4 is 5.32 Å². The number of amides is 2. The number of nitrogens with one attached hydrogen (secondary N) is 1. The van der Waals surface area contributed by atoms with Crippen LogP contribution in [0.1, 0.15) is 31.4 Å². The molecule has 0 aliphatic rings. The minimum absolute atomic E-state index is 0.0448. The summed E-state index contributed by atoms with van der Waals surface area (Å²) in [5.74, 6) is -0.193. The lowest BCUT2D eigenvalue weighted by Crippen LogP contribution is -2.47. The third-order valence-electron chi connectivity index (χ3n) is 5.27. The first kappa shape index (κ1) is 21.8. The van der Waals surface area contributed by atoms with E-state index in [0.29, 0.717) is 31.0 Å². The Morgan fingerprint density at radius 3 is 2.43 bits per heavy atom. The molecule has 3 aromatic carbocycles. The number of benzene rings is 3. The summed E-state index contributed by atoms with van der Waals surface area (Å²) < 4.78 is 0. The van der Waals surface area contributed by atoms with E-state index in [4.69, 9.17) is 11.6 Å². The maximum Gasteiger partial charge on any atom is 0.242 e. The number of aryl methyl sites for hydroxylation is 1. The van der Waals surface area contributed by atoms with Crippen LogP contribution in [0, 0.1) is 0 Å². The highest BCUT2D eigenvalue weighted by Gasteiger charge is 2.25. The van der Waals surface area contributed by atoms with E-state index >= 15 is 0 Å². The molecule has 5 heteroatoms. The Morgan fingerprint density at radius 2 is 1.70 bits per heavy atom. The van der Waals surface area contributed by atoms with Gasteiger partial charge in [0.05, 0.1) is 0 Å². The summed E-state index contributed by atoms with van der Waals surface area (Å²) in [7, 11) is 0. The summed E-state index contributed by atoms with van der Waals surface area (Å²) >= 11 is 5.99. The Labute approximate surface area is 182 Å². The fraction of sp³-hybridized carbons (Fsp3) is 0.280. The zero-order valence-corrected chi connectivity index (χ0v) is 18.2. The lowest BCUT2D eigenvalue weighted by atomic mass is 10.0. The fourth-order valence-corrected chi connectivity index (χ4v) is 3.71. The maximum absolute atomic E-state index is 13.2. The summed E-state index contributed by atoms with van der Waals surface area (Å²) in [6.07, 6.45) is 0.963. The highest BCUT2D eigenvalue weighted by atomic mass is 35.5.